The number of rotatable bonds is 2. The van der Waals surface area contributed by atoms with E-state index in [2.05, 4.69) is 60.4 Å². The molecule has 0 bridgehead atoms. The van der Waals surface area contributed by atoms with Crippen molar-refractivity contribution in [3.05, 3.63) is 65.2 Å². The highest BCUT2D eigenvalue weighted by molar-refractivity contribution is 5.56. The van der Waals surface area contributed by atoms with E-state index in [0.717, 1.165) is 19.5 Å². The summed E-state index contributed by atoms with van der Waals surface area (Å²) in [6.45, 7) is 4.11. The quantitative estimate of drug-likeness (QED) is 0.889. The number of nitrogens with two attached hydrogens (primary N) is 1. The average Bonchev–Trinajstić information content (AvgIpc) is 2.46. The summed E-state index contributed by atoms with van der Waals surface area (Å²) >= 11 is 0. The van der Waals surface area contributed by atoms with E-state index in [9.17, 15) is 0 Å². The van der Waals surface area contributed by atoms with Crippen LogP contribution in [-0.2, 0) is 13.0 Å². The molecule has 0 radical (unpaired) electrons. The van der Waals surface area contributed by atoms with Crippen molar-refractivity contribution in [3.8, 4) is 0 Å². The van der Waals surface area contributed by atoms with E-state index in [0.29, 0.717) is 0 Å². The molecule has 0 fully saturated rings. The third-order valence-corrected chi connectivity index (χ3v) is 3.90. The van der Waals surface area contributed by atoms with Crippen LogP contribution in [0.1, 0.15) is 29.7 Å². The predicted octanol–water partition coefficient (Wildman–Crippen LogP) is 3.27. The van der Waals surface area contributed by atoms with E-state index < -0.39 is 0 Å². The van der Waals surface area contributed by atoms with Gasteiger partial charge in [-0.25, -0.2) is 0 Å². The Balaban J connectivity index is 1.93. The maximum absolute atomic E-state index is 6.09. The molecule has 0 spiro atoms. The van der Waals surface area contributed by atoms with E-state index in [4.69, 9.17) is 5.73 Å². The van der Waals surface area contributed by atoms with Crippen molar-refractivity contribution in [2.75, 3.05) is 11.4 Å². The number of anilines is 1. The van der Waals surface area contributed by atoms with Crippen molar-refractivity contribution in [3.63, 3.8) is 0 Å². The Morgan fingerprint density at radius 2 is 1.68 bits per heavy atom. The fourth-order valence-corrected chi connectivity index (χ4v) is 2.86. The summed E-state index contributed by atoms with van der Waals surface area (Å²) in [6, 6.07) is 17.3. The summed E-state index contributed by atoms with van der Waals surface area (Å²) in [5, 5.41) is 0. The first-order valence-corrected chi connectivity index (χ1v) is 6.92. The summed E-state index contributed by atoms with van der Waals surface area (Å²) in [7, 11) is 0. The summed E-state index contributed by atoms with van der Waals surface area (Å²) in [4.78, 5) is 2.45. The molecule has 1 aliphatic heterocycles. The molecule has 2 N–H and O–H groups in total. The number of benzene rings is 2. The second-order valence-corrected chi connectivity index (χ2v) is 5.29. The smallest absolute Gasteiger partial charge is 0.0432 e. The third-order valence-electron chi connectivity index (χ3n) is 3.90. The standard InChI is InChI=1S/C17H20N2/c1-13(18)16-8-4-5-9-17(16)19-11-10-14-6-2-3-7-15(14)12-19/h2-9,13H,10-12,18H2,1H3/t13-/m1/s1. The monoisotopic (exact) mass is 252 g/mol. The van der Waals surface area contributed by atoms with Gasteiger partial charge in [-0.2, -0.15) is 0 Å². The van der Waals surface area contributed by atoms with Crippen LogP contribution in [0.5, 0.6) is 0 Å². The summed E-state index contributed by atoms with van der Waals surface area (Å²) in [5.41, 5.74) is 11.5. The molecule has 0 unspecified atom stereocenters. The molecule has 2 nitrogen and oxygen atoms in total. The van der Waals surface area contributed by atoms with Gasteiger partial charge in [0.2, 0.25) is 0 Å². The van der Waals surface area contributed by atoms with E-state index >= 15 is 0 Å². The van der Waals surface area contributed by atoms with Crippen LogP contribution in [0.4, 0.5) is 5.69 Å². The molecule has 1 aliphatic rings. The highest BCUT2D eigenvalue weighted by Gasteiger charge is 2.18. The summed E-state index contributed by atoms with van der Waals surface area (Å²) in [6.07, 6.45) is 1.11. The maximum Gasteiger partial charge on any atom is 0.0432 e. The van der Waals surface area contributed by atoms with Crippen LogP contribution < -0.4 is 10.6 Å². The molecule has 1 atom stereocenters. The van der Waals surface area contributed by atoms with Gasteiger partial charge in [0.15, 0.2) is 0 Å². The van der Waals surface area contributed by atoms with Gasteiger partial charge in [-0.3, -0.25) is 0 Å². The normalized spacial score (nSPS) is 16.0. The second-order valence-electron chi connectivity index (χ2n) is 5.29. The van der Waals surface area contributed by atoms with E-state index in [-0.39, 0.29) is 6.04 Å². The molecular weight excluding hydrogens is 232 g/mol. The lowest BCUT2D eigenvalue weighted by Gasteiger charge is -2.32. The van der Waals surface area contributed by atoms with Crippen LogP contribution in [0.15, 0.2) is 48.5 Å². The van der Waals surface area contributed by atoms with Crippen LogP contribution in [0.25, 0.3) is 0 Å². The van der Waals surface area contributed by atoms with Crippen molar-refractivity contribution in [1.29, 1.82) is 0 Å². The van der Waals surface area contributed by atoms with Gasteiger partial charge in [-0.15, -0.1) is 0 Å². The van der Waals surface area contributed by atoms with E-state index in [1.807, 2.05) is 0 Å². The zero-order chi connectivity index (χ0) is 13.2. The van der Waals surface area contributed by atoms with Gasteiger partial charge in [-0.1, -0.05) is 42.5 Å². The van der Waals surface area contributed by atoms with Crippen LogP contribution in [0.2, 0.25) is 0 Å². The fraction of sp³-hybridized carbons (Fsp3) is 0.294. The number of nitrogens with zero attached hydrogens (tertiary/aromatic N) is 1. The van der Waals surface area contributed by atoms with Crippen molar-refractivity contribution in [2.24, 2.45) is 5.73 Å². The fourth-order valence-electron chi connectivity index (χ4n) is 2.86. The molecule has 2 aromatic rings. The largest absolute Gasteiger partial charge is 0.367 e. The lowest BCUT2D eigenvalue weighted by atomic mass is 9.98. The lowest BCUT2D eigenvalue weighted by molar-refractivity contribution is 0.716. The number of fused-ring (bicyclic) bond motifs is 1. The van der Waals surface area contributed by atoms with Gasteiger partial charge in [0, 0.05) is 24.8 Å². The van der Waals surface area contributed by atoms with Gasteiger partial charge in [-0.05, 0) is 36.1 Å². The summed E-state index contributed by atoms with van der Waals surface area (Å²) in [5.74, 6) is 0. The Kier molecular flexibility index (Phi) is 3.26. The highest BCUT2D eigenvalue weighted by atomic mass is 15.1. The Bertz CT molecular complexity index is 575. The van der Waals surface area contributed by atoms with Crippen molar-refractivity contribution < 1.29 is 0 Å². The molecule has 0 aliphatic carbocycles. The molecule has 0 aromatic heterocycles. The van der Waals surface area contributed by atoms with Gasteiger partial charge in [0.25, 0.3) is 0 Å². The van der Waals surface area contributed by atoms with Crippen LogP contribution in [0, 0.1) is 0 Å². The molecule has 0 amide bonds. The Hall–Kier alpha value is -1.80. The molecule has 2 heteroatoms. The first-order chi connectivity index (χ1) is 9.25. The average molecular weight is 252 g/mol. The Morgan fingerprint density at radius 3 is 2.47 bits per heavy atom. The van der Waals surface area contributed by atoms with Crippen molar-refractivity contribution >= 4 is 5.69 Å². The Labute approximate surface area is 114 Å². The minimum Gasteiger partial charge on any atom is -0.367 e. The number of hydrogen-bond acceptors (Lipinski definition) is 2. The zero-order valence-electron chi connectivity index (χ0n) is 11.3. The predicted molar refractivity (Wildman–Crippen MR) is 80.2 cm³/mol. The molecule has 2 aromatic carbocycles. The third kappa shape index (κ3) is 2.36. The van der Waals surface area contributed by atoms with E-state index in [1.54, 1.807) is 0 Å². The number of para-hydroxylation sites is 1. The summed E-state index contributed by atoms with van der Waals surface area (Å²) < 4.78 is 0. The molecule has 0 saturated carbocycles. The first-order valence-electron chi connectivity index (χ1n) is 6.92. The van der Waals surface area contributed by atoms with Gasteiger partial charge >= 0.3 is 0 Å². The first kappa shape index (κ1) is 12.2. The SMILES string of the molecule is C[C@@H](N)c1ccccc1N1CCc2ccccc2C1. The van der Waals surface area contributed by atoms with Crippen molar-refractivity contribution in [1.82, 2.24) is 0 Å². The second kappa shape index (κ2) is 5.06. The molecule has 1 heterocycles. The topological polar surface area (TPSA) is 29.3 Å². The molecule has 98 valence electrons. The zero-order valence-corrected chi connectivity index (χ0v) is 11.3. The Morgan fingerprint density at radius 1 is 1.00 bits per heavy atom. The minimum atomic E-state index is 0.0772. The van der Waals surface area contributed by atoms with Gasteiger partial charge in [0.1, 0.15) is 0 Å². The highest BCUT2D eigenvalue weighted by Crippen LogP contribution is 2.29. The number of hydrogen-bond donors (Lipinski definition) is 1. The maximum atomic E-state index is 6.09. The molecule has 19 heavy (non-hydrogen) atoms. The molecule has 3 rings (SSSR count). The minimum absolute atomic E-state index is 0.0772. The van der Waals surface area contributed by atoms with Crippen molar-refractivity contribution in [2.45, 2.75) is 25.9 Å². The molecule has 0 saturated heterocycles. The van der Waals surface area contributed by atoms with Crippen LogP contribution in [-0.4, -0.2) is 6.54 Å². The lowest BCUT2D eigenvalue weighted by Crippen LogP contribution is -2.31. The van der Waals surface area contributed by atoms with E-state index in [1.165, 1.54) is 22.4 Å². The van der Waals surface area contributed by atoms with Gasteiger partial charge < -0.3 is 10.6 Å². The van der Waals surface area contributed by atoms with Gasteiger partial charge in [0.05, 0.1) is 0 Å². The van der Waals surface area contributed by atoms with Crippen LogP contribution >= 0.6 is 0 Å². The molecular formula is C17H20N2. The van der Waals surface area contributed by atoms with Crippen LogP contribution in [0.3, 0.4) is 0 Å².